The monoisotopic (exact) mass is 421 g/mol. The van der Waals surface area contributed by atoms with E-state index in [1.54, 1.807) is 24.3 Å². The Morgan fingerprint density at radius 2 is 1.62 bits per heavy atom. The molecule has 0 saturated carbocycles. The number of para-hydroxylation sites is 2. The Balaban J connectivity index is 1.49. The second kappa shape index (κ2) is 8.12. The zero-order valence-corrected chi connectivity index (χ0v) is 17.4. The van der Waals surface area contributed by atoms with Gasteiger partial charge in [0.25, 0.3) is 0 Å². The number of carbonyl (C=O) groups excluding carboxylic acids is 2. The van der Waals surface area contributed by atoms with Gasteiger partial charge in [-0.1, -0.05) is 66.2 Å². The molecule has 4 aromatic carbocycles. The lowest BCUT2D eigenvalue weighted by atomic mass is 9.99. The average molecular weight is 421 g/mol. The fourth-order valence-corrected chi connectivity index (χ4v) is 3.71. The Bertz CT molecular complexity index is 1430. The largest absolute Gasteiger partial charge is 0.454 e. The van der Waals surface area contributed by atoms with E-state index in [1.165, 1.54) is 0 Å². The minimum absolute atomic E-state index is 0.252. The quantitative estimate of drug-likeness (QED) is 0.257. The minimum atomic E-state index is -0.570. The van der Waals surface area contributed by atoms with E-state index >= 15 is 0 Å². The summed E-state index contributed by atoms with van der Waals surface area (Å²) in [7, 11) is 0. The van der Waals surface area contributed by atoms with Crippen LogP contribution in [0.5, 0.6) is 0 Å². The van der Waals surface area contributed by atoms with Gasteiger partial charge in [0, 0.05) is 16.5 Å². The Kier molecular flexibility index (Phi) is 5.00. The molecule has 5 aromatic rings. The third-order valence-electron chi connectivity index (χ3n) is 5.36. The van der Waals surface area contributed by atoms with Crippen molar-refractivity contribution in [2.75, 3.05) is 6.61 Å². The second-order valence-electron chi connectivity index (χ2n) is 7.56. The number of ether oxygens (including phenoxy) is 1. The van der Waals surface area contributed by atoms with Gasteiger partial charge < -0.3 is 9.15 Å². The molecule has 5 heteroatoms. The Hall–Kier alpha value is -4.25. The Morgan fingerprint density at radius 1 is 0.875 bits per heavy atom. The number of ketones is 1. The normalized spacial score (nSPS) is 11.0. The van der Waals surface area contributed by atoms with Crippen molar-refractivity contribution in [1.29, 1.82) is 0 Å². The molecule has 0 saturated heterocycles. The molecule has 1 aromatic heterocycles. The van der Waals surface area contributed by atoms with Crippen LogP contribution < -0.4 is 0 Å². The number of Topliss-reactive ketones (excluding diaryl/α,β-unsaturated/α-hetero) is 1. The predicted molar refractivity (Wildman–Crippen MR) is 123 cm³/mol. The standard InChI is InChI=1S/C27H19NO4/c1-17-12-14-18(15-13-17)23(29)16-31-27(30)21-9-5-7-19-6-4-8-20(25(19)21)26-28-22-10-2-3-11-24(22)32-26/h2-15H,16H2,1H3. The van der Waals surface area contributed by atoms with Crippen LogP contribution in [-0.4, -0.2) is 23.3 Å². The van der Waals surface area contributed by atoms with Crippen molar-refractivity contribution in [2.24, 2.45) is 0 Å². The molecule has 0 fully saturated rings. The molecule has 0 radical (unpaired) electrons. The summed E-state index contributed by atoms with van der Waals surface area (Å²) in [6.45, 7) is 1.62. The highest BCUT2D eigenvalue weighted by Gasteiger charge is 2.19. The molecule has 0 aliphatic heterocycles. The summed E-state index contributed by atoms with van der Waals surface area (Å²) >= 11 is 0. The number of aryl methyl sites for hydroxylation is 1. The summed E-state index contributed by atoms with van der Waals surface area (Å²) in [4.78, 5) is 30.0. The van der Waals surface area contributed by atoms with E-state index in [9.17, 15) is 9.59 Å². The fraction of sp³-hybridized carbons (Fsp3) is 0.0741. The van der Waals surface area contributed by atoms with Gasteiger partial charge in [0.1, 0.15) is 5.52 Å². The minimum Gasteiger partial charge on any atom is -0.454 e. The van der Waals surface area contributed by atoms with Gasteiger partial charge in [0.15, 0.2) is 18.0 Å². The number of aromatic nitrogens is 1. The van der Waals surface area contributed by atoms with Gasteiger partial charge in [-0.05, 0) is 36.6 Å². The van der Waals surface area contributed by atoms with Gasteiger partial charge in [-0.15, -0.1) is 0 Å². The Labute approximate surface area is 184 Å². The third kappa shape index (κ3) is 3.65. The maximum Gasteiger partial charge on any atom is 0.339 e. The van der Waals surface area contributed by atoms with Crippen molar-refractivity contribution in [3.63, 3.8) is 0 Å². The molecule has 0 spiro atoms. The number of hydrogen-bond acceptors (Lipinski definition) is 5. The first kappa shape index (κ1) is 19.7. The lowest BCUT2D eigenvalue weighted by Crippen LogP contribution is -2.14. The lowest BCUT2D eigenvalue weighted by molar-refractivity contribution is 0.0477. The molecular weight excluding hydrogens is 402 g/mol. The van der Waals surface area contributed by atoms with Crippen LogP contribution in [0.2, 0.25) is 0 Å². The lowest BCUT2D eigenvalue weighted by Gasteiger charge is -2.10. The molecule has 0 unspecified atom stereocenters. The molecule has 0 aliphatic carbocycles. The number of nitrogens with zero attached hydrogens (tertiary/aromatic N) is 1. The van der Waals surface area contributed by atoms with E-state index in [0.717, 1.165) is 16.5 Å². The number of benzene rings is 4. The van der Waals surface area contributed by atoms with Crippen molar-refractivity contribution in [2.45, 2.75) is 6.92 Å². The molecule has 0 aliphatic rings. The topological polar surface area (TPSA) is 69.4 Å². The van der Waals surface area contributed by atoms with E-state index in [-0.39, 0.29) is 12.4 Å². The predicted octanol–water partition coefficient (Wildman–Crippen LogP) is 6.00. The van der Waals surface area contributed by atoms with Crippen molar-refractivity contribution < 1.29 is 18.7 Å². The zero-order valence-electron chi connectivity index (χ0n) is 17.4. The highest BCUT2D eigenvalue weighted by Crippen LogP contribution is 2.33. The van der Waals surface area contributed by atoms with Gasteiger partial charge in [0.05, 0.1) is 5.56 Å². The van der Waals surface area contributed by atoms with E-state index in [0.29, 0.717) is 33.6 Å². The maximum atomic E-state index is 13.0. The fourth-order valence-electron chi connectivity index (χ4n) is 3.71. The molecule has 0 amide bonds. The summed E-state index contributed by atoms with van der Waals surface area (Å²) in [5.41, 5.74) is 4.02. The van der Waals surface area contributed by atoms with Crippen LogP contribution in [0.1, 0.15) is 26.3 Å². The van der Waals surface area contributed by atoms with Gasteiger partial charge in [-0.2, -0.15) is 0 Å². The van der Waals surface area contributed by atoms with Crippen LogP contribution in [0, 0.1) is 6.92 Å². The van der Waals surface area contributed by atoms with E-state index in [2.05, 4.69) is 4.98 Å². The molecule has 156 valence electrons. The molecule has 1 heterocycles. The Morgan fingerprint density at radius 3 is 2.41 bits per heavy atom. The van der Waals surface area contributed by atoms with Gasteiger partial charge in [-0.25, -0.2) is 9.78 Å². The summed E-state index contributed by atoms with van der Waals surface area (Å²) in [5.74, 6) is -0.398. The van der Waals surface area contributed by atoms with Gasteiger partial charge in [0.2, 0.25) is 5.89 Å². The summed E-state index contributed by atoms with van der Waals surface area (Å²) in [6.07, 6.45) is 0. The first-order valence-electron chi connectivity index (χ1n) is 10.2. The second-order valence-corrected chi connectivity index (χ2v) is 7.56. The van der Waals surface area contributed by atoms with Crippen LogP contribution in [0.25, 0.3) is 33.3 Å². The summed E-state index contributed by atoms with van der Waals surface area (Å²) in [6, 6.07) is 25.7. The van der Waals surface area contributed by atoms with Crippen LogP contribution >= 0.6 is 0 Å². The summed E-state index contributed by atoms with van der Waals surface area (Å²) in [5, 5.41) is 1.53. The first-order valence-corrected chi connectivity index (χ1v) is 10.2. The number of oxazole rings is 1. The molecule has 0 N–H and O–H groups in total. The van der Waals surface area contributed by atoms with E-state index in [1.807, 2.05) is 67.6 Å². The number of hydrogen-bond donors (Lipinski definition) is 0. The molecule has 5 nitrogen and oxygen atoms in total. The number of fused-ring (bicyclic) bond motifs is 2. The summed E-state index contributed by atoms with van der Waals surface area (Å²) < 4.78 is 11.3. The molecule has 0 bridgehead atoms. The van der Waals surface area contributed by atoms with Crippen molar-refractivity contribution in [3.05, 3.63) is 102 Å². The maximum absolute atomic E-state index is 13.0. The first-order chi connectivity index (χ1) is 15.6. The number of carbonyl (C=O) groups is 2. The smallest absolute Gasteiger partial charge is 0.339 e. The SMILES string of the molecule is Cc1ccc(C(=O)COC(=O)c2cccc3cccc(-c4nc5ccccc5o4)c23)cc1. The van der Waals surface area contributed by atoms with Gasteiger partial charge in [-0.3, -0.25) is 4.79 Å². The highest BCUT2D eigenvalue weighted by atomic mass is 16.5. The highest BCUT2D eigenvalue weighted by molar-refractivity contribution is 6.10. The van der Waals surface area contributed by atoms with E-state index < -0.39 is 5.97 Å². The molecule has 5 rings (SSSR count). The molecule has 0 atom stereocenters. The van der Waals surface area contributed by atoms with Crippen LogP contribution in [-0.2, 0) is 4.74 Å². The third-order valence-corrected chi connectivity index (χ3v) is 5.36. The van der Waals surface area contributed by atoms with Crippen molar-refractivity contribution in [1.82, 2.24) is 4.98 Å². The van der Waals surface area contributed by atoms with Gasteiger partial charge >= 0.3 is 5.97 Å². The zero-order chi connectivity index (χ0) is 22.1. The average Bonchev–Trinajstić information content (AvgIpc) is 3.26. The van der Waals surface area contributed by atoms with Crippen molar-refractivity contribution >= 4 is 33.6 Å². The number of esters is 1. The van der Waals surface area contributed by atoms with Crippen LogP contribution in [0.4, 0.5) is 0 Å². The van der Waals surface area contributed by atoms with Crippen LogP contribution in [0.15, 0.2) is 89.3 Å². The van der Waals surface area contributed by atoms with Crippen molar-refractivity contribution in [3.8, 4) is 11.5 Å². The van der Waals surface area contributed by atoms with E-state index in [4.69, 9.17) is 9.15 Å². The molecule has 32 heavy (non-hydrogen) atoms. The molecular formula is C27H19NO4. The number of rotatable bonds is 5. The van der Waals surface area contributed by atoms with Crippen LogP contribution in [0.3, 0.4) is 0 Å².